The number of anilines is 3. The van der Waals surface area contributed by atoms with Crippen LogP contribution in [0.2, 0.25) is 0 Å². The van der Waals surface area contributed by atoms with Gasteiger partial charge in [0, 0.05) is 44.2 Å². The van der Waals surface area contributed by atoms with Gasteiger partial charge in [-0.2, -0.15) is 9.97 Å². The van der Waals surface area contributed by atoms with Crippen molar-refractivity contribution in [3.63, 3.8) is 0 Å². The zero-order valence-corrected chi connectivity index (χ0v) is 29.6. The molecule has 3 aromatic heterocycles. The van der Waals surface area contributed by atoms with Crippen molar-refractivity contribution in [1.29, 1.82) is 0 Å². The Labute approximate surface area is 312 Å². The molecule has 53 heavy (non-hydrogen) atoms. The van der Waals surface area contributed by atoms with Gasteiger partial charge in [0.25, 0.3) is 0 Å². The van der Waals surface area contributed by atoms with Crippen molar-refractivity contribution in [3.8, 4) is 0 Å². The van der Waals surface area contributed by atoms with Crippen LogP contribution < -0.4 is 26.2 Å². The number of amides is 3. The number of carbonyl (C=O) groups excluding carboxylic acids is 2. The topological polar surface area (TPSA) is 203 Å². The van der Waals surface area contributed by atoms with Gasteiger partial charge in [0.2, 0.25) is 11.9 Å². The third-order valence-corrected chi connectivity index (χ3v) is 9.71. The van der Waals surface area contributed by atoms with E-state index in [1.165, 1.54) is 0 Å². The molecular formula is C37H43ClN10O5. The van der Waals surface area contributed by atoms with E-state index in [2.05, 4.69) is 50.5 Å². The molecule has 15 nitrogen and oxygen atoms in total. The molecule has 1 saturated carbocycles. The normalized spacial score (nSPS) is 21.0. The smallest absolute Gasteiger partial charge is 0.319 e. The highest BCUT2D eigenvalue weighted by molar-refractivity contribution is 5.89. The molecule has 7 rings (SSSR count). The van der Waals surface area contributed by atoms with E-state index in [9.17, 15) is 24.9 Å². The summed E-state index contributed by atoms with van der Waals surface area (Å²) in [5, 5.41) is 43.4. The van der Waals surface area contributed by atoms with E-state index in [4.69, 9.17) is 15.0 Å². The lowest BCUT2D eigenvalue weighted by Gasteiger charge is -2.22. The number of carbonyl (C=O) groups is 2. The molecule has 0 bridgehead atoms. The Balaban J connectivity index is 0.00000481. The first-order valence-corrected chi connectivity index (χ1v) is 17.4. The van der Waals surface area contributed by atoms with Crippen LogP contribution in [0.1, 0.15) is 42.3 Å². The van der Waals surface area contributed by atoms with Crippen molar-refractivity contribution in [1.82, 2.24) is 35.1 Å². The zero-order valence-electron chi connectivity index (χ0n) is 28.8. The van der Waals surface area contributed by atoms with E-state index < -0.39 is 30.2 Å². The van der Waals surface area contributed by atoms with E-state index in [0.717, 1.165) is 11.1 Å². The minimum absolute atomic E-state index is 0. The molecule has 2 aromatic carbocycles. The van der Waals surface area contributed by atoms with Gasteiger partial charge in [0.05, 0.1) is 36.9 Å². The summed E-state index contributed by atoms with van der Waals surface area (Å²) in [5.74, 6) is 0.503. The number of nitrogens with one attached hydrogen (secondary N) is 4. The highest BCUT2D eigenvalue weighted by Gasteiger charge is 2.44. The van der Waals surface area contributed by atoms with Crippen molar-refractivity contribution in [2.24, 2.45) is 0 Å². The number of aliphatic hydroxyl groups is 3. The highest BCUT2D eigenvalue weighted by atomic mass is 35.5. The maximum Gasteiger partial charge on any atom is 0.319 e. The number of fused-ring (bicyclic) bond motifs is 1. The van der Waals surface area contributed by atoms with Crippen LogP contribution in [-0.2, 0) is 4.79 Å². The number of aromatic nitrogens is 5. The molecule has 4 heterocycles. The molecule has 0 unspecified atom stereocenters. The van der Waals surface area contributed by atoms with Crippen molar-refractivity contribution in [2.45, 2.75) is 55.5 Å². The number of nitrogens with zero attached hydrogens (tertiary/aromatic N) is 6. The third kappa shape index (κ3) is 8.49. The maximum absolute atomic E-state index is 12.8. The van der Waals surface area contributed by atoms with Crippen LogP contribution in [0, 0.1) is 0 Å². The van der Waals surface area contributed by atoms with E-state index in [1.54, 1.807) is 35.4 Å². The van der Waals surface area contributed by atoms with E-state index in [0.29, 0.717) is 54.7 Å². The fourth-order valence-corrected chi connectivity index (χ4v) is 7.07. The molecular weight excluding hydrogens is 700 g/mol. The van der Waals surface area contributed by atoms with Crippen LogP contribution in [0.5, 0.6) is 0 Å². The largest absolute Gasteiger partial charge is 0.396 e. The van der Waals surface area contributed by atoms with Gasteiger partial charge in [-0.1, -0.05) is 60.7 Å². The Kier molecular flexibility index (Phi) is 12.0. The number of aliphatic hydroxyl groups excluding tert-OH is 3. The van der Waals surface area contributed by atoms with E-state index in [-0.39, 0.29) is 49.8 Å². The van der Waals surface area contributed by atoms with Crippen LogP contribution in [0.3, 0.4) is 0 Å². The van der Waals surface area contributed by atoms with Gasteiger partial charge in [0.15, 0.2) is 17.0 Å². The Bertz CT molecular complexity index is 1930. The minimum Gasteiger partial charge on any atom is -0.396 e. The molecule has 1 saturated heterocycles. The third-order valence-electron chi connectivity index (χ3n) is 9.71. The van der Waals surface area contributed by atoms with Gasteiger partial charge < -0.3 is 46.1 Å². The van der Waals surface area contributed by atoms with Gasteiger partial charge in [-0.15, -0.1) is 12.4 Å². The second kappa shape index (κ2) is 17.0. The van der Waals surface area contributed by atoms with E-state index >= 15 is 0 Å². The summed E-state index contributed by atoms with van der Waals surface area (Å²) >= 11 is 0. The standard InChI is InChI=1S/C37H42N10O5.ClH/c48-17-14-30(49)43-28-18-29(33(51)32(28)50)47-22-40-31-34(39-20-27(23-8-3-1-4-9-23)24-10-5-2-6-11-24)44-36(45-35(31)47)46-16-13-26(21-46)42-37(52)41-25-12-7-15-38-19-25;/h1-12,15,19,22,26-29,32-33,48,50-51H,13-14,16-18,20-21H2,(H,43,49)(H,39,44,45)(H2,41,42,52);1H/t26-,28+,29-,32-,33+;/m1./s1. The summed E-state index contributed by atoms with van der Waals surface area (Å²) in [7, 11) is 0. The monoisotopic (exact) mass is 742 g/mol. The van der Waals surface area contributed by atoms with Gasteiger partial charge in [-0.25, -0.2) is 9.78 Å². The van der Waals surface area contributed by atoms with Crippen LogP contribution in [0.25, 0.3) is 11.2 Å². The fraction of sp³-hybridized carbons (Fsp3) is 0.351. The number of hydrogen-bond acceptors (Lipinski definition) is 11. The summed E-state index contributed by atoms with van der Waals surface area (Å²) < 4.78 is 1.73. The first-order chi connectivity index (χ1) is 25.4. The quantitative estimate of drug-likeness (QED) is 0.0991. The summed E-state index contributed by atoms with van der Waals surface area (Å²) in [4.78, 5) is 45.7. The average molecular weight is 743 g/mol. The van der Waals surface area contributed by atoms with Crippen LogP contribution in [-0.4, -0.2) is 102 Å². The van der Waals surface area contributed by atoms with Crippen LogP contribution >= 0.6 is 12.4 Å². The maximum atomic E-state index is 12.8. The van der Waals surface area contributed by atoms with Gasteiger partial charge in [0.1, 0.15) is 12.2 Å². The SMILES string of the molecule is Cl.O=C(CCO)N[C@H]1C[C@@H](n2cnc3c(NCC(c4ccccc4)c4ccccc4)nc(N4CC[C@@H](NC(=O)Nc5cccnc5)C4)nc32)[C@H](O)[C@@H]1O. The molecule has 5 atom stereocenters. The number of pyridine rings is 1. The molecule has 2 fully saturated rings. The number of urea groups is 1. The first-order valence-electron chi connectivity index (χ1n) is 17.4. The lowest BCUT2D eigenvalue weighted by Crippen LogP contribution is -2.43. The summed E-state index contributed by atoms with van der Waals surface area (Å²) in [6, 6.07) is 22.1. The molecule has 278 valence electrons. The van der Waals surface area contributed by atoms with Crippen LogP contribution in [0.15, 0.2) is 91.5 Å². The Morgan fingerprint density at radius 3 is 2.34 bits per heavy atom. The fourth-order valence-electron chi connectivity index (χ4n) is 7.07. The number of rotatable bonds is 12. The zero-order chi connectivity index (χ0) is 36.0. The van der Waals surface area contributed by atoms with Gasteiger partial charge in [-0.05, 0) is 36.1 Å². The van der Waals surface area contributed by atoms with Crippen LogP contribution in [0.4, 0.5) is 22.2 Å². The van der Waals surface area contributed by atoms with Gasteiger partial charge in [-0.3, -0.25) is 9.78 Å². The van der Waals surface area contributed by atoms with E-state index in [1.807, 2.05) is 41.3 Å². The molecule has 0 spiro atoms. The van der Waals surface area contributed by atoms with Gasteiger partial charge >= 0.3 is 6.03 Å². The predicted molar refractivity (Wildman–Crippen MR) is 202 cm³/mol. The van der Waals surface area contributed by atoms with Crippen molar-refractivity contribution in [3.05, 3.63) is 103 Å². The molecule has 1 aliphatic carbocycles. The summed E-state index contributed by atoms with van der Waals surface area (Å²) in [6.07, 6.45) is 3.12. The molecule has 0 radical (unpaired) electrons. The lowest BCUT2D eigenvalue weighted by atomic mass is 9.91. The molecule has 2 aliphatic rings. The highest BCUT2D eigenvalue weighted by Crippen LogP contribution is 2.35. The Hall–Kier alpha value is -5.35. The number of benzene rings is 2. The molecule has 1 aliphatic heterocycles. The van der Waals surface area contributed by atoms with Crippen molar-refractivity contribution >= 4 is 53.0 Å². The molecule has 7 N–H and O–H groups in total. The minimum atomic E-state index is -1.23. The first kappa shape index (κ1) is 37.4. The average Bonchev–Trinajstić information content (AvgIpc) is 3.88. The van der Waals surface area contributed by atoms with Crippen molar-refractivity contribution < 1.29 is 24.9 Å². The summed E-state index contributed by atoms with van der Waals surface area (Å²) in [5.41, 5.74) is 3.79. The number of hydrogen-bond donors (Lipinski definition) is 7. The second-order valence-corrected chi connectivity index (χ2v) is 13.2. The lowest BCUT2D eigenvalue weighted by molar-refractivity contribution is -0.123. The summed E-state index contributed by atoms with van der Waals surface area (Å²) in [6.45, 7) is 1.21. The second-order valence-electron chi connectivity index (χ2n) is 13.2. The Morgan fingerprint density at radius 2 is 1.66 bits per heavy atom. The molecule has 5 aromatic rings. The van der Waals surface area contributed by atoms with Crippen molar-refractivity contribution in [2.75, 3.05) is 41.8 Å². The Morgan fingerprint density at radius 1 is 0.925 bits per heavy atom. The number of halogens is 1. The molecule has 3 amide bonds. The predicted octanol–water partition coefficient (Wildman–Crippen LogP) is 2.82. The number of imidazole rings is 1. The molecule has 16 heteroatoms.